The van der Waals surface area contributed by atoms with Crippen LogP contribution in [0.2, 0.25) is 0 Å². The topological polar surface area (TPSA) is 42.0 Å². The Kier molecular flexibility index (Phi) is 4.52. The predicted molar refractivity (Wildman–Crippen MR) is 108 cm³/mol. The number of nitrogens with zero attached hydrogens (tertiary/aromatic N) is 2. The highest BCUT2D eigenvalue weighted by Crippen LogP contribution is 2.38. The maximum absolute atomic E-state index is 13.2. The van der Waals surface area contributed by atoms with Gasteiger partial charge in [0.1, 0.15) is 6.04 Å². The average molecular weight is 382 g/mol. The van der Waals surface area contributed by atoms with E-state index in [0.717, 1.165) is 28.8 Å². The number of para-hydroxylation sites is 1. The van der Waals surface area contributed by atoms with E-state index in [2.05, 4.69) is 6.92 Å². The van der Waals surface area contributed by atoms with Crippen molar-refractivity contribution < 1.29 is 14.3 Å². The number of methoxy groups -OCH3 is 2. The van der Waals surface area contributed by atoms with Crippen LogP contribution in [0.5, 0.6) is 11.5 Å². The van der Waals surface area contributed by atoms with E-state index in [9.17, 15) is 4.79 Å². The van der Waals surface area contributed by atoms with E-state index in [1.165, 1.54) is 0 Å². The maximum Gasteiger partial charge on any atom is 0.256 e. The Morgan fingerprint density at radius 2 is 1.78 bits per heavy atom. The number of aryl methyl sites for hydroxylation is 1. The Bertz CT molecular complexity index is 877. The lowest BCUT2D eigenvalue weighted by Crippen LogP contribution is -2.40. The number of ether oxygens (including phenoxy) is 2. The average Bonchev–Trinajstić information content (AvgIpc) is 2.94. The van der Waals surface area contributed by atoms with Crippen LogP contribution < -0.4 is 14.4 Å². The van der Waals surface area contributed by atoms with Crippen molar-refractivity contribution in [2.75, 3.05) is 19.1 Å². The van der Waals surface area contributed by atoms with E-state index in [1.54, 1.807) is 19.1 Å². The summed E-state index contributed by atoms with van der Waals surface area (Å²) in [5.41, 5.74) is 4.23. The summed E-state index contributed by atoms with van der Waals surface area (Å²) < 4.78 is 10.9. The number of hydrogen-bond donors (Lipinski definition) is 0. The monoisotopic (exact) mass is 382 g/mol. The Balaban J connectivity index is 1.72. The number of amides is 1. The van der Waals surface area contributed by atoms with Crippen molar-refractivity contribution in [3.05, 3.63) is 53.1 Å². The third kappa shape index (κ3) is 2.75. The van der Waals surface area contributed by atoms with Crippen LogP contribution in [0.25, 0.3) is 0 Å². The molecule has 1 saturated heterocycles. The number of anilines is 1. The van der Waals surface area contributed by atoms with Crippen LogP contribution >= 0.6 is 12.2 Å². The van der Waals surface area contributed by atoms with Gasteiger partial charge >= 0.3 is 0 Å². The molecule has 1 atom stereocenters. The summed E-state index contributed by atoms with van der Waals surface area (Å²) in [6, 6.07) is 11.7. The molecule has 2 aromatic carbocycles. The first-order valence-electron chi connectivity index (χ1n) is 9.05. The van der Waals surface area contributed by atoms with Crippen LogP contribution in [0.4, 0.5) is 5.69 Å². The number of benzene rings is 2. The molecule has 0 spiro atoms. The van der Waals surface area contributed by atoms with Gasteiger partial charge in [-0.05, 0) is 53.5 Å². The SMILES string of the molecule is CCc1ccccc1N1C(=O)[C@@H]2Cc3cc(OC)c(OC)cc3CN2C1=S. The lowest BCUT2D eigenvalue weighted by molar-refractivity contribution is -0.120. The number of rotatable bonds is 4. The molecule has 0 aromatic heterocycles. The fraction of sp³-hybridized carbons (Fsp3) is 0.333. The number of thiocarbonyl (C=S) groups is 1. The molecule has 0 saturated carbocycles. The molecular weight excluding hydrogens is 360 g/mol. The van der Waals surface area contributed by atoms with Crippen molar-refractivity contribution in [3.8, 4) is 11.5 Å². The molecule has 5 nitrogen and oxygen atoms in total. The van der Waals surface area contributed by atoms with E-state index in [1.807, 2.05) is 41.3 Å². The summed E-state index contributed by atoms with van der Waals surface area (Å²) in [5, 5.41) is 0.575. The van der Waals surface area contributed by atoms with Gasteiger partial charge in [-0.3, -0.25) is 9.69 Å². The van der Waals surface area contributed by atoms with Crippen LogP contribution in [0.1, 0.15) is 23.6 Å². The molecule has 140 valence electrons. The van der Waals surface area contributed by atoms with Gasteiger partial charge < -0.3 is 14.4 Å². The molecule has 0 aliphatic carbocycles. The molecule has 4 rings (SSSR count). The Morgan fingerprint density at radius 3 is 2.44 bits per heavy atom. The van der Waals surface area contributed by atoms with Crippen molar-refractivity contribution >= 4 is 28.9 Å². The minimum Gasteiger partial charge on any atom is -0.493 e. The first-order chi connectivity index (χ1) is 13.1. The largest absolute Gasteiger partial charge is 0.493 e. The molecule has 2 aromatic rings. The van der Waals surface area contributed by atoms with Gasteiger partial charge in [-0.15, -0.1) is 0 Å². The molecule has 1 fully saturated rings. The molecule has 0 unspecified atom stereocenters. The third-order valence-electron chi connectivity index (χ3n) is 5.39. The van der Waals surface area contributed by atoms with Gasteiger partial charge in [-0.25, -0.2) is 0 Å². The first kappa shape index (κ1) is 17.8. The molecular formula is C21H22N2O3S. The highest BCUT2D eigenvalue weighted by molar-refractivity contribution is 7.80. The first-order valence-corrected chi connectivity index (χ1v) is 9.46. The lowest BCUT2D eigenvalue weighted by atomic mass is 9.94. The van der Waals surface area contributed by atoms with Crippen LogP contribution in [0.3, 0.4) is 0 Å². The number of fused-ring (bicyclic) bond motifs is 2. The summed E-state index contributed by atoms with van der Waals surface area (Å²) in [7, 11) is 3.25. The number of carbonyl (C=O) groups is 1. The van der Waals surface area contributed by atoms with E-state index < -0.39 is 0 Å². The molecule has 2 heterocycles. The van der Waals surface area contributed by atoms with Gasteiger partial charge in [0, 0.05) is 13.0 Å². The summed E-state index contributed by atoms with van der Waals surface area (Å²) in [4.78, 5) is 17.0. The van der Waals surface area contributed by atoms with Crippen molar-refractivity contribution in [3.63, 3.8) is 0 Å². The fourth-order valence-electron chi connectivity index (χ4n) is 3.96. The van der Waals surface area contributed by atoms with E-state index in [4.69, 9.17) is 21.7 Å². The van der Waals surface area contributed by atoms with Crippen LogP contribution in [0, 0.1) is 0 Å². The Morgan fingerprint density at radius 1 is 1.11 bits per heavy atom. The standard InChI is InChI=1S/C21H22N2O3S/c1-4-13-7-5-6-8-16(13)23-20(24)17-9-14-10-18(25-2)19(26-3)11-15(14)12-22(17)21(23)27/h5-8,10-11,17H,4,9,12H2,1-3H3/t17-/m0/s1. The lowest BCUT2D eigenvalue weighted by Gasteiger charge is -2.31. The zero-order chi connectivity index (χ0) is 19.1. The molecule has 2 aliphatic rings. The fourth-order valence-corrected chi connectivity index (χ4v) is 4.34. The van der Waals surface area contributed by atoms with Crippen molar-refractivity contribution in [2.24, 2.45) is 0 Å². The smallest absolute Gasteiger partial charge is 0.256 e. The molecule has 0 bridgehead atoms. The second-order valence-corrected chi connectivity index (χ2v) is 7.13. The maximum atomic E-state index is 13.2. The summed E-state index contributed by atoms with van der Waals surface area (Å²) in [6.07, 6.45) is 1.46. The van der Waals surface area contributed by atoms with Gasteiger partial charge in [0.2, 0.25) is 0 Å². The Labute approximate surface area is 164 Å². The van der Waals surface area contributed by atoms with Gasteiger partial charge in [0.25, 0.3) is 5.91 Å². The van der Waals surface area contributed by atoms with Crippen molar-refractivity contribution in [2.45, 2.75) is 32.4 Å². The summed E-state index contributed by atoms with van der Waals surface area (Å²) in [5.74, 6) is 1.42. The molecule has 0 N–H and O–H groups in total. The van der Waals surface area contributed by atoms with Crippen molar-refractivity contribution in [1.29, 1.82) is 0 Å². The highest BCUT2D eigenvalue weighted by atomic mass is 32.1. The molecule has 6 heteroatoms. The molecule has 27 heavy (non-hydrogen) atoms. The molecule has 2 aliphatic heterocycles. The number of carbonyl (C=O) groups excluding carboxylic acids is 1. The zero-order valence-corrected chi connectivity index (χ0v) is 16.5. The van der Waals surface area contributed by atoms with Gasteiger partial charge in [-0.2, -0.15) is 0 Å². The Hall–Kier alpha value is -2.60. The highest BCUT2D eigenvalue weighted by Gasteiger charge is 2.46. The second-order valence-electron chi connectivity index (χ2n) is 6.76. The third-order valence-corrected chi connectivity index (χ3v) is 5.81. The van der Waals surface area contributed by atoms with Gasteiger partial charge in [0.05, 0.1) is 19.9 Å². The van der Waals surface area contributed by atoms with Gasteiger partial charge in [-0.1, -0.05) is 25.1 Å². The predicted octanol–water partition coefficient (Wildman–Crippen LogP) is 3.32. The zero-order valence-electron chi connectivity index (χ0n) is 15.7. The minimum absolute atomic E-state index is 0.0429. The summed E-state index contributed by atoms with van der Waals surface area (Å²) in [6.45, 7) is 2.68. The van der Waals surface area contributed by atoms with E-state index in [0.29, 0.717) is 29.6 Å². The van der Waals surface area contributed by atoms with E-state index >= 15 is 0 Å². The minimum atomic E-state index is -0.270. The van der Waals surface area contributed by atoms with Crippen LogP contribution in [-0.2, 0) is 24.2 Å². The normalized spacial score (nSPS) is 18.4. The molecule has 1 amide bonds. The van der Waals surface area contributed by atoms with Crippen LogP contribution in [0.15, 0.2) is 36.4 Å². The van der Waals surface area contributed by atoms with E-state index in [-0.39, 0.29) is 11.9 Å². The van der Waals surface area contributed by atoms with Crippen LogP contribution in [-0.4, -0.2) is 36.2 Å². The quantitative estimate of drug-likeness (QED) is 0.759. The second kappa shape index (κ2) is 6.85. The molecule has 0 radical (unpaired) electrons. The summed E-state index contributed by atoms with van der Waals surface area (Å²) >= 11 is 5.72. The number of hydrogen-bond acceptors (Lipinski definition) is 4. The van der Waals surface area contributed by atoms with Crippen molar-refractivity contribution in [1.82, 2.24) is 4.90 Å². The van der Waals surface area contributed by atoms with Gasteiger partial charge in [0.15, 0.2) is 16.6 Å².